The molecule has 2 aromatic heterocycles. The molecule has 0 saturated carbocycles. The van der Waals surface area contributed by atoms with Crippen LogP contribution in [-0.4, -0.2) is 29.0 Å². The van der Waals surface area contributed by atoms with Gasteiger partial charge >= 0.3 is 0 Å². The highest BCUT2D eigenvalue weighted by molar-refractivity contribution is 7.07. The highest BCUT2D eigenvalue weighted by Gasteiger charge is 2.30. The molecular weight excluding hydrogens is 392 g/mol. The van der Waals surface area contributed by atoms with Gasteiger partial charge in [0.1, 0.15) is 5.82 Å². The molecule has 1 aliphatic heterocycles. The summed E-state index contributed by atoms with van der Waals surface area (Å²) < 4.78 is 0. The van der Waals surface area contributed by atoms with Crippen molar-refractivity contribution < 1.29 is 4.79 Å². The van der Waals surface area contributed by atoms with Gasteiger partial charge in [0, 0.05) is 36.5 Å². The van der Waals surface area contributed by atoms with E-state index in [1.54, 1.807) is 11.3 Å². The molecule has 0 bridgehead atoms. The molecule has 1 saturated heterocycles. The topological polar surface area (TPSA) is 58.1 Å². The molecule has 3 aromatic rings. The van der Waals surface area contributed by atoms with Gasteiger partial charge in [-0.15, -0.1) is 0 Å². The average molecular weight is 419 g/mol. The van der Waals surface area contributed by atoms with Crippen LogP contribution in [0.5, 0.6) is 0 Å². The molecule has 154 valence electrons. The maximum absolute atomic E-state index is 12.8. The minimum Gasteiger partial charge on any atom is -0.355 e. The van der Waals surface area contributed by atoms with E-state index < -0.39 is 0 Å². The number of nitrogens with one attached hydrogen (secondary N) is 1. The third kappa shape index (κ3) is 3.97. The number of amides is 1. The van der Waals surface area contributed by atoms with E-state index in [9.17, 15) is 4.79 Å². The normalized spacial score (nSPS) is 18.3. The standard InChI is InChI=1S/C24H26N4OS/c29-24(25-14-17-11-13-30-16-17)19-8-5-12-28(15-19)23-20-9-4-10-21(20)26-22(27-23)18-6-2-1-3-7-18/h1-3,6-7,11,13,16,19H,4-5,8-10,12,14-15H2,(H,25,29)/t19-/m1/s1. The lowest BCUT2D eigenvalue weighted by atomic mass is 9.96. The molecule has 5 nitrogen and oxygen atoms in total. The molecule has 0 spiro atoms. The Morgan fingerprint density at radius 1 is 1.13 bits per heavy atom. The third-order valence-electron chi connectivity index (χ3n) is 6.08. The average Bonchev–Trinajstić information content (AvgIpc) is 3.49. The SMILES string of the molecule is O=C(NCc1ccsc1)[C@@H]1CCCN(c2nc(-c3ccccc3)nc3c2CCC3)C1. The van der Waals surface area contributed by atoms with Gasteiger partial charge in [-0.05, 0) is 54.5 Å². The van der Waals surface area contributed by atoms with Gasteiger partial charge in [-0.1, -0.05) is 30.3 Å². The van der Waals surface area contributed by atoms with E-state index in [1.807, 2.05) is 23.6 Å². The minimum atomic E-state index is 0.00424. The van der Waals surface area contributed by atoms with Crippen LogP contribution in [0.15, 0.2) is 47.2 Å². The van der Waals surface area contributed by atoms with Crippen molar-refractivity contribution in [1.29, 1.82) is 0 Å². The Kier molecular flexibility index (Phi) is 5.49. The summed E-state index contributed by atoms with van der Waals surface area (Å²) in [5.74, 6) is 2.01. The molecule has 1 atom stereocenters. The maximum atomic E-state index is 12.8. The fourth-order valence-corrected chi connectivity index (χ4v) is 5.17. The predicted octanol–water partition coefficient (Wildman–Crippen LogP) is 4.23. The summed E-state index contributed by atoms with van der Waals surface area (Å²) in [5, 5.41) is 7.26. The van der Waals surface area contributed by atoms with Gasteiger partial charge < -0.3 is 10.2 Å². The van der Waals surface area contributed by atoms with Gasteiger partial charge in [-0.3, -0.25) is 4.79 Å². The van der Waals surface area contributed by atoms with Crippen molar-refractivity contribution in [2.45, 2.75) is 38.6 Å². The Balaban J connectivity index is 1.37. The van der Waals surface area contributed by atoms with Crippen molar-refractivity contribution in [3.63, 3.8) is 0 Å². The van der Waals surface area contributed by atoms with E-state index in [-0.39, 0.29) is 11.8 Å². The van der Waals surface area contributed by atoms with Crippen molar-refractivity contribution in [1.82, 2.24) is 15.3 Å². The van der Waals surface area contributed by atoms with Gasteiger partial charge in [-0.2, -0.15) is 11.3 Å². The van der Waals surface area contributed by atoms with Crippen LogP contribution in [-0.2, 0) is 24.2 Å². The molecule has 1 aromatic carbocycles. The zero-order valence-electron chi connectivity index (χ0n) is 17.0. The molecular formula is C24H26N4OS. The first-order chi connectivity index (χ1) is 14.8. The van der Waals surface area contributed by atoms with Crippen LogP contribution in [0.2, 0.25) is 0 Å². The van der Waals surface area contributed by atoms with E-state index in [0.717, 1.165) is 62.4 Å². The van der Waals surface area contributed by atoms with Crippen LogP contribution in [0.1, 0.15) is 36.1 Å². The van der Waals surface area contributed by atoms with Crippen molar-refractivity contribution in [2.24, 2.45) is 5.92 Å². The first-order valence-electron chi connectivity index (χ1n) is 10.8. The number of anilines is 1. The zero-order chi connectivity index (χ0) is 20.3. The Morgan fingerprint density at radius 2 is 2.03 bits per heavy atom. The van der Waals surface area contributed by atoms with Crippen LogP contribution in [0.3, 0.4) is 0 Å². The summed E-state index contributed by atoms with van der Waals surface area (Å²) in [4.78, 5) is 25.0. The summed E-state index contributed by atoms with van der Waals surface area (Å²) in [7, 11) is 0. The molecule has 5 rings (SSSR count). The first-order valence-corrected chi connectivity index (χ1v) is 11.7. The molecule has 2 aliphatic rings. The second kappa shape index (κ2) is 8.56. The number of benzene rings is 1. The summed E-state index contributed by atoms with van der Waals surface area (Å²) >= 11 is 1.66. The van der Waals surface area contributed by atoms with Crippen LogP contribution >= 0.6 is 11.3 Å². The van der Waals surface area contributed by atoms with Gasteiger partial charge in [0.05, 0.1) is 5.92 Å². The van der Waals surface area contributed by atoms with Crippen LogP contribution in [0.25, 0.3) is 11.4 Å². The number of hydrogen-bond acceptors (Lipinski definition) is 5. The monoisotopic (exact) mass is 418 g/mol. The fraction of sp³-hybridized carbons (Fsp3) is 0.375. The molecule has 3 heterocycles. The molecule has 1 N–H and O–H groups in total. The van der Waals surface area contributed by atoms with Crippen LogP contribution < -0.4 is 10.2 Å². The van der Waals surface area contributed by atoms with Gasteiger partial charge in [0.15, 0.2) is 5.82 Å². The first kappa shape index (κ1) is 19.2. The predicted molar refractivity (Wildman–Crippen MR) is 121 cm³/mol. The van der Waals surface area contributed by atoms with Crippen molar-refractivity contribution in [2.75, 3.05) is 18.0 Å². The lowest BCUT2D eigenvalue weighted by Gasteiger charge is -2.34. The molecule has 1 aliphatic carbocycles. The lowest BCUT2D eigenvalue weighted by Crippen LogP contribution is -2.43. The smallest absolute Gasteiger partial charge is 0.225 e. The fourth-order valence-electron chi connectivity index (χ4n) is 4.50. The summed E-state index contributed by atoms with van der Waals surface area (Å²) in [6.07, 6.45) is 5.13. The van der Waals surface area contributed by atoms with Crippen molar-refractivity contribution >= 4 is 23.1 Å². The molecule has 30 heavy (non-hydrogen) atoms. The highest BCUT2D eigenvalue weighted by Crippen LogP contribution is 2.33. The highest BCUT2D eigenvalue weighted by atomic mass is 32.1. The number of fused-ring (bicyclic) bond motifs is 1. The minimum absolute atomic E-state index is 0.00424. The Labute approximate surface area is 181 Å². The van der Waals surface area contributed by atoms with Crippen molar-refractivity contribution in [3.8, 4) is 11.4 Å². The number of nitrogens with zero attached hydrogens (tertiary/aromatic N) is 3. The van der Waals surface area contributed by atoms with Crippen LogP contribution in [0, 0.1) is 5.92 Å². The lowest BCUT2D eigenvalue weighted by molar-refractivity contribution is -0.125. The Morgan fingerprint density at radius 3 is 2.87 bits per heavy atom. The van der Waals surface area contributed by atoms with Crippen molar-refractivity contribution in [3.05, 3.63) is 64.0 Å². The zero-order valence-corrected chi connectivity index (χ0v) is 17.8. The number of carbonyl (C=O) groups is 1. The number of piperidine rings is 1. The Hall–Kier alpha value is -2.73. The van der Waals surface area contributed by atoms with Gasteiger partial charge in [0.2, 0.25) is 5.91 Å². The third-order valence-corrected chi connectivity index (χ3v) is 6.81. The number of thiophene rings is 1. The second-order valence-corrected chi connectivity index (χ2v) is 8.93. The quantitative estimate of drug-likeness (QED) is 0.674. The number of hydrogen-bond donors (Lipinski definition) is 1. The molecule has 6 heteroatoms. The second-order valence-electron chi connectivity index (χ2n) is 8.15. The number of aryl methyl sites for hydroxylation is 1. The molecule has 0 unspecified atom stereocenters. The molecule has 0 radical (unpaired) electrons. The summed E-state index contributed by atoms with van der Waals surface area (Å²) in [6.45, 7) is 2.29. The summed E-state index contributed by atoms with van der Waals surface area (Å²) in [5.41, 5.74) is 4.69. The van der Waals surface area contributed by atoms with E-state index in [4.69, 9.17) is 9.97 Å². The van der Waals surface area contributed by atoms with E-state index in [0.29, 0.717) is 6.54 Å². The van der Waals surface area contributed by atoms with E-state index in [1.165, 1.54) is 16.8 Å². The van der Waals surface area contributed by atoms with Crippen LogP contribution in [0.4, 0.5) is 5.82 Å². The molecule has 1 amide bonds. The Bertz CT molecular complexity index is 1020. The number of rotatable bonds is 5. The molecule has 1 fully saturated rings. The van der Waals surface area contributed by atoms with Gasteiger partial charge in [-0.25, -0.2) is 9.97 Å². The number of carbonyl (C=O) groups excluding carboxylic acids is 1. The van der Waals surface area contributed by atoms with E-state index in [2.05, 4.69) is 33.8 Å². The maximum Gasteiger partial charge on any atom is 0.225 e. The van der Waals surface area contributed by atoms with Gasteiger partial charge in [0.25, 0.3) is 0 Å². The summed E-state index contributed by atoms with van der Waals surface area (Å²) in [6, 6.07) is 12.3. The number of aromatic nitrogens is 2. The van der Waals surface area contributed by atoms with E-state index >= 15 is 0 Å². The largest absolute Gasteiger partial charge is 0.355 e.